The van der Waals surface area contributed by atoms with E-state index in [1.807, 2.05) is 6.07 Å². The van der Waals surface area contributed by atoms with Gasteiger partial charge in [0.25, 0.3) is 0 Å². The standard InChI is InChI=1S/C19H19N/c1-12-9-13(2)15(4)17(10-12)19-11-14(3)16-7-5-6-8-18(16)20-19/h5-11H,1-4H3. The minimum Gasteiger partial charge on any atom is -0.248 e. The van der Waals surface area contributed by atoms with Crippen LogP contribution in [0.15, 0.2) is 42.5 Å². The minimum atomic E-state index is 1.07. The van der Waals surface area contributed by atoms with E-state index in [0.717, 1.165) is 11.2 Å². The van der Waals surface area contributed by atoms with Crippen LogP contribution in [-0.2, 0) is 0 Å². The Hall–Kier alpha value is -2.15. The normalized spacial score (nSPS) is 11.0. The van der Waals surface area contributed by atoms with Gasteiger partial charge in [0.15, 0.2) is 0 Å². The molecule has 0 saturated carbocycles. The Labute approximate surface area is 120 Å². The van der Waals surface area contributed by atoms with E-state index in [1.54, 1.807) is 0 Å². The summed E-state index contributed by atoms with van der Waals surface area (Å²) in [6.07, 6.45) is 0. The van der Waals surface area contributed by atoms with Crippen molar-refractivity contribution in [2.75, 3.05) is 0 Å². The van der Waals surface area contributed by atoms with Crippen LogP contribution in [0.4, 0.5) is 0 Å². The van der Waals surface area contributed by atoms with E-state index in [1.165, 1.54) is 33.2 Å². The molecule has 0 bridgehead atoms. The largest absolute Gasteiger partial charge is 0.248 e. The molecule has 100 valence electrons. The van der Waals surface area contributed by atoms with Gasteiger partial charge in [0.2, 0.25) is 0 Å². The van der Waals surface area contributed by atoms with E-state index < -0.39 is 0 Å². The van der Waals surface area contributed by atoms with Gasteiger partial charge in [-0.15, -0.1) is 0 Å². The molecule has 0 radical (unpaired) electrons. The Bertz CT molecular complexity index is 800. The zero-order chi connectivity index (χ0) is 14.3. The highest BCUT2D eigenvalue weighted by Gasteiger charge is 2.09. The molecule has 1 aromatic heterocycles. The van der Waals surface area contributed by atoms with Crippen LogP contribution in [0.2, 0.25) is 0 Å². The molecule has 0 aliphatic carbocycles. The van der Waals surface area contributed by atoms with Crippen LogP contribution in [0.25, 0.3) is 22.2 Å². The molecule has 1 heteroatoms. The first-order chi connectivity index (χ1) is 9.56. The summed E-state index contributed by atoms with van der Waals surface area (Å²) in [4.78, 5) is 4.85. The molecule has 0 aliphatic rings. The first-order valence-electron chi connectivity index (χ1n) is 7.01. The average Bonchev–Trinajstić information content (AvgIpc) is 2.43. The third kappa shape index (κ3) is 2.09. The molecular formula is C19H19N. The number of hydrogen-bond acceptors (Lipinski definition) is 1. The molecule has 0 N–H and O–H groups in total. The SMILES string of the molecule is Cc1cc(C)c(C)c(-c2cc(C)c3ccccc3n2)c1. The smallest absolute Gasteiger partial charge is 0.0715 e. The summed E-state index contributed by atoms with van der Waals surface area (Å²) in [7, 11) is 0. The quantitative estimate of drug-likeness (QED) is 0.591. The first-order valence-corrected chi connectivity index (χ1v) is 7.01. The molecule has 2 aromatic carbocycles. The van der Waals surface area contributed by atoms with E-state index >= 15 is 0 Å². The van der Waals surface area contributed by atoms with Gasteiger partial charge in [-0.25, -0.2) is 4.98 Å². The Kier molecular flexibility index (Phi) is 3.06. The van der Waals surface area contributed by atoms with E-state index in [0.29, 0.717) is 0 Å². The lowest BCUT2D eigenvalue weighted by Crippen LogP contribution is -1.94. The molecule has 0 atom stereocenters. The Morgan fingerprint density at radius 2 is 1.55 bits per heavy atom. The third-order valence-corrected chi connectivity index (χ3v) is 4.01. The van der Waals surface area contributed by atoms with Crippen molar-refractivity contribution in [3.8, 4) is 11.3 Å². The van der Waals surface area contributed by atoms with Gasteiger partial charge < -0.3 is 0 Å². The monoisotopic (exact) mass is 261 g/mol. The van der Waals surface area contributed by atoms with Crippen molar-refractivity contribution in [2.45, 2.75) is 27.7 Å². The molecule has 0 amide bonds. The fourth-order valence-corrected chi connectivity index (χ4v) is 2.79. The molecule has 0 fully saturated rings. The lowest BCUT2D eigenvalue weighted by atomic mass is 9.96. The topological polar surface area (TPSA) is 12.9 Å². The van der Waals surface area contributed by atoms with Crippen molar-refractivity contribution in [1.82, 2.24) is 4.98 Å². The van der Waals surface area contributed by atoms with Gasteiger partial charge in [-0.3, -0.25) is 0 Å². The number of para-hydroxylation sites is 1. The first kappa shape index (κ1) is 12.9. The highest BCUT2D eigenvalue weighted by atomic mass is 14.7. The summed E-state index contributed by atoms with van der Waals surface area (Å²) in [5.74, 6) is 0. The zero-order valence-electron chi connectivity index (χ0n) is 12.5. The maximum atomic E-state index is 4.85. The van der Waals surface area contributed by atoms with Gasteiger partial charge in [0.1, 0.15) is 0 Å². The highest BCUT2D eigenvalue weighted by Crippen LogP contribution is 2.29. The third-order valence-electron chi connectivity index (χ3n) is 4.01. The number of aryl methyl sites for hydroxylation is 3. The van der Waals surface area contributed by atoms with Crippen LogP contribution >= 0.6 is 0 Å². The predicted molar refractivity (Wildman–Crippen MR) is 86.1 cm³/mol. The van der Waals surface area contributed by atoms with Gasteiger partial charge in [-0.2, -0.15) is 0 Å². The molecule has 1 heterocycles. The molecule has 1 nitrogen and oxygen atoms in total. The number of benzene rings is 2. The van der Waals surface area contributed by atoms with Gasteiger partial charge in [-0.05, 0) is 62.6 Å². The molecule has 3 rings (SSSR count). The van der Waals surface area contributed by atoms with Crippen molar-refractivity contribution in [3.63, 3.8) is 0 Å². The van der Waals surface area contributed by atoms with Crippen LogP contribution < -0.4 is 0 Å². The van der Waals surface area contributed by atoms with E-state index in [2.05, 4.69) is 64.1 Å². The van der Waals surface area contributed by atoms with Crippen LogP contribution in [-0.4, -0.2) is 4.98 Å². The molecule has 0 saturated heterocycles. The molecule has 3 aromatic rings. The number of rotatable bonds is 1. The second kappa shape index (κ2) is 4.75. The van der Waals surface area contributed by atoms with Crippen molar-refractivity contribution < 1.29 is 0 Å². The molecule has 0 aliphatic heterocycles. The lowest BCUT2D eigenvalue weighted by Gasteiger charge is -2.12. The van der Waals surface area contributed by atoms with Crippen LogP contribution in [0.5, 0.6) is 0 Å². The van der Waals surface area contributed by atoms with Crippen LogP contribution in [0, 0.1) is 27.7 Å². The maximum Gasteiger partial charge on any atom is 0.0715 e. The lowest BCUT2D eigenvalue weighted by molar-refractivity contribution is 1.27. The number of aromatic nitrogens is 1. The Balaban J connectivity index is 2.30. The maximum absolute atomic E-state index is 4.85. The number of nitrogens with zero attached hydrogens (tertiary/aromatic N) is 1. The van der Waals surface area contributed by atoms with Gasteiger partial charge in [-0.1, -0.05) is 29.8 Å². The fraction of sp³-hybridized carbons (Fsp3) is 0.211. The summed E-state index contributed by atoms with van der Waals surface area (Å²) >= 11 is 0. The van der Waals surface area contributed by atoms with E-state index in [-0.39, 0.29) is 0 Å². The average molecular weight is 261 g/mol. The number of pyridine rings is 1. The summed E-state index contributed by atoms with van der Waals surface area (Å²) in [5.41, 5.74) is 8.60. The predicted octanol–water partition coefficient (Wildman–Crippen LogP) is 5.14. The summed E-state index contributed by atoms with van der Waals surface area (Å²) in [6.45, 7) is 8.64. The molecule has 20 heavy (non-hydrogen) atoms. The molecule has 0 unspecified atom stereocenters. The highest BCUT2D eigenvalue weighted by molar-refractivity contribution is 5.85. The van der Waals surface area contributed by atoms with E-state index in [9.17, 15) is 0 Å². The minimum absolute atomic E-state index is 1.07. The Morgan fingerprint density at radius 3 is 2.35 bits per heavy atom. The molecular weight excluding hydrogens is 242 g/mol. The number of hydrogen-bond donors (Lipinski definition) is 0. The summed E-state index contributed by atoms with van der Waals surface area (Å²) in [5, 5.41) is 1.23. The van der Waals surface area contributed by atoms with Gasteiger partial charge in [0.05, 0.1) is 11.2 Å². The second-order valence-electron chi connectivity index (χ2n) is 5.60. The van der Waals surface area contributed by atoms with Crippen LogP contribution in [0.3, 0.4) is 0 Å². The van der Waals surface area contributed by atoms with Crippen molar-refractivity contribution in [1.29, 1.82) is 0 Å². The zero-order valence-corrected chi connectivity index (χ0v) is 12.5. The number of fused-ring (bicyclic) bond motifs is 1. The van der Waals surface area contributed by atoms with Crippen molar-refractivity contribution in [3.05, 3.63) is 64.7 Å². The van der Waals surface area contributed by atoms with Crippen molar-refractivity contribution in [2.24, 2.45) is 0 Å². The van der Waals surface area contributed by atoms with E-state index in [4.69, 9.17) is 4.98 Å². The van der Waals surface area contributed by atoms with Crippen LogP contribution in [0.1, 0.15) is 22.3 Å². The van der Waals surface area contributed by atoms with Crippen molar-refractivity contribution >= 4 is 10.9 Å². The second-order valence-corrected chi connectivity index (χ2v) is 5.60. The fourth-order valence-electron chi connectivity index (χ4n) is 2.79. The van der Waals surface area contributed by atoms with Gasteiger partial charge in [0, 0.05) is 10.9 Å². The van der Waals surface area contributed by atoms with Gasteiger partial charge >= 0.3 is 0 Å². The Morgan fingerprint density at radius 1 is 0.800 bits per heavy atom. The summed E-state index contributed by atoms with van der Waals surface area (Å²) in [6, 6.07) is 15.0. The summed E-state index contributed by atoms with van der Waals surface area (Å²) < 4.78 is 0. The molecule has 0 spiro atoms.